The minimum Gasteiger partial charge on any atom is -0.359 e. The number of thiophene rings is 1. The van der Waals surface area contributed by atoms with Crippen LogP contribution in [0.5, 0.6) is 0 Å². The van der Waals surface area contributed by atoms with Crippen LogP contribution in [0.4, 0.5) is 5.00 Å². The molecule has 0 radical (unpaired) electrons. The van der Waals surface area contributed by atoms with Crippen molar-refractivity contribution in [2.75, 3.05) is 5.32 Å². The van der Waals surface area contributed by atoms with E-state index in [1.54, 1.807) is 11.3 Å². The summed E-state index contributed by atoms with van der Waals surface area (Å²) in [6.07, 6.45) is 0. The van der Waals surface area contributed by atoms with Gasteiger partial charge in [0, 0.05) is 0 Å². The Morgan fingerprint density at radius 2 is 2.19 bits per heavy atom. The van der Waals surface area contributed by atoms with Crippen molar-refractivity contribution in [1.29, 1.82) is 0 Å². The predicted molar refractivity (Wildman–Crippen MR) is 66.7 cm³/mol. The first-order valence-corrected chi connectivity index (χ1v) is 6.08. The summed E-state index contributed by atoms with van der Waals surface area (Å²) >= 11 is 1.73. The third-order valence-electron chi connectivity index (χ3n) is 2.96. The second-order valence-electron chi connectivity index (χ2n) is 3.85. The lowest BCUT2D eigenvalue weighted by molar-refractivity contribution is 0.799. The van der Waals surface area contributed by atoms with Crippen LogP contribution in [0.25, 0.3) is 22.4 Å². The van der Waals surface area contributed by atoms with Gasteiger partial charge in [0.1, 0.15) is 10.8 Å². The summed E-state index contributed by atoms with van der Waals surface area (Å²) in [4.78, 5) is 4.70. The zero-order valence-corrected chi connectivity index (χ0v) is 9.29. The van der Waals surface area contributed by atoms with Crippen molar-refractivity contribution in [1.82, 2.24) is 9.55 Å². The van der Waals surface area contributed by atoms with Crippen LogP contribution in [0.2, 0.25) is 0 Å². The van der Waals surface area contributed by atoms with E-state index in [2.05, 4.69) is 39.5 Å². The molecule has 16 heavy (non-hydrogen) atoms. The molecule has 1 N–H and O–H groups in total. The van der Waals surface area contributed by atoms with Crippen molar-refractivity contribution in [2.24, 2.45) is 0 Å². The number of anilines is 1. The molecule has 1 aliphatic heterocycles. The van der Waals surface area contributed by atoms with Crippen LogP contribution in [-0.4, -0.2) is 9.55 Å². The highest BCUT2D eigenvalue weighted by Gasteiger charge is 2.20. The molecule has 0 unspecified atom stereocenters. The van der Waals surface area contributed by atoms with Gasteiger partial charge in [0.15, 0.2) is 0 Å². The molecule has 0 amide bonds. The monoisotopic (exact) mass is 227 g/mol. The topological polar surface area (TPSA) is 29.9 Å². The van der Waals surface area contributed by atoms with Gasteiger partial charge in [0.25, 0.3) is 0 Å². The molecular formula is C12H9N3S. The Hall–Kier alpha value is -1.81. The number of fused-ring (bicyclic) bond motifs is 5. The highest BCUT2D eigenvalue weighted by atomic mass is 32.1. The average molecular weight is 227 g/mol. The molecule has 0 atom stereocenters. The maximum atomic E-state index is 4.70. The molecule has 0 fully saturated rings. The SMILES string of the molecule is c1ccc2c(c1)nc1n2CNc2sccc2-1. The van der Waals surface area contributed by atoms with Crippen LogP contribution >= 0.6 is 11.3 Å². The Labute approximate surface area is 96.4 Å². The quantitative estimate of drug-likeness (QED) is 0.639. The normalized spacial score (nSPS) is 13.2. The largest absolute Gasteiger partial charge is 0.359 e. The maximum absolute atomic E-state index is 4.70. The Kier molecular flexibility index (Phi) is 1.49. The molecule has 3 heterocycles. The Bertz CT molecular complexity index is 680. The number of para-hydroxylation sites is 2. The van der Waals surface area contributed by atoms with Gasteiger partial charge in [0.05, 0.1) is 23.3 Å². The van der Waals surface area contributed by atoms with Crippen LogP contribution in [-0.2, 0) is 6.67 Å². The van der Waals surface area contributed by atoms with Crippen LogP contribution in [0.1, 0.15) is 0 Å². The minimum atomic E-state index is 0.809. The molecule has 4 heteroatoms. The molecule has 0 saturated carbocycles. The molecule has 0 aliphatic carbocycles. The number of nitrogens with one attached hydrogen (secondary N) is 1. The van der Waals surface area contributed by atoms with Gasteiger partial charge in [-0.1, -0.05) is 12.1 Å². The third kappa shape index (κ3) is 0.945. The molecule has 3 nitrogen and oxygen atoms in total. The lowest BCUT2D eigenvalue weighted by Crippen LogP contribution is -2.13. The number of rotatable bonds is 0. The standard InChI is InChI=1S/C12H9N3S/c1-2-4-10-9(3-1)14-11-8-5-6-16-12(8)13-7-15(10)11/h1-6,13H,7H2. The smallest absolute Gasteiger partial charge is 0.145 e. The fourth-order valence-electron chi connectivity index (χ4n) is 2.21. The van der Waals surface area contributed by atoms with Gasteiger partial charge in [-0.2, -0.15) is 0 Å². The summed E-state index contributed by atoms with van der Waals surface area (Å²) in [5.41, 5.74) is 3.48. The van der Waals surface area contributed by atoms with E-state index < -0.39 is 0 Å². The second kappa shape index (κ2) is 2.86. The van der Waals surface area contributed by atoms with Crippen molar-refractivity contribution in [3.8, 4) is 11.4 Å². The first-order valence-electron chi connectivity index (χ1n) is 5.20. The lowest BCUT2D eigenvalue weighted by atomic mass is 10.2. The molecule has 1 aliphatic rings. The van der Waals surface area contributed by atoms with E-state index in [1.807, 2.05) is 6.07 Å². The highest BCUT2D eigenvalue weighted by Crippen LogP contribution is 2.37. The molecular weight excluding hydrogens is 218 g/mol. The van der Waals surface area contributed by atoms with Crippen LogP contribution < -0.4 is 5.32 Å². The zero-order valence-electron chi connectivity index (χ0n) is 8.47. The first kappa shape index (κ1) is 8.35. The minimum absolute atomic E-state index is 0.809. The second-order valence-corrected chi connectivity index (χ2v) is 4.77. The van der Waals surface area contributed by atoms with E-state index in [-0.39, 0.29) is 0 Å². The summed E-state index contributed by atoms with van der Waals surface area (Å²) in [6, 6.07) is 10.4. The number of hydrogen-bond acceptors (Lipinski definition) is 3. The average Bonchev–Trinajstić information content (AvgIpc) is 2.92. The van der Waals surface area contributed by atoms with E-state index >= 15 is 0 Å². The molecule has 0 bridgehead atoms. The zero-order chi connectivity index (χ0) is 10.5. The highest BCUT2D eigenvalue weighted by molar-refractivity contribution is 7.14. The summed E-state index contributed by atoms with van der Waals surface area (Å²) in [6.45, 7) is 0.809. The van der Waals surface area contributed by atoms with E-state index in [4.69, 9.17) is 4.98 Å². The fraction of sp³-hybridized carbons (Fsp3) is 0.0833. The van der Waals surface area contributed by atoms with Crippen LogP contribution in [0.3, 0.4) is 0 Å². The number of hydrogen-bond donors (Lipinski definition) is 1. The maximum Gasteiger partial charge on any atom is 0.145 e. The number of nitrogens with zero attached hydrogens (tertiary/aromatic N) is 2. The van der Waals surface area contributed by atoms with E-state index in [1.165, 1.54) is 16.1 Å². The fourth-order valence-corrected chi connectivity index (χ4v) is 2.99. The predicted octanol–water partition coefficient (Wildman–Crippen LogP) is 3.15. The number of aromatic nitrogens is 2. The first-order chi connectivity index (χ1) is 7.93. The Morgan fingerprint density at radius 1 is 1.25 bits per heavy atom. The molecule has 2 aromatic heterocycles. The summed E-state index contributed by atoms with van der Waals surface area (Å²) in [5.74, 6) is 1.08. The van der Waals surface area contributed by atoms with Crippen molar-refractivity contribution < 1.29 is 0 Å². The van der Waals surface area contributed by atoms with Gasteiger partial charge in [0.2, 0.25) is 0 Å². The Morgan fingerprint density at radius 3 is 3.19 bits per heavy atom. The van der Waals surface area contributed by atoms with Gasteiger partial charge in [-0.25, -0.2) is 4.98 Å². The van der Waals surface area contributed by atoms with Crippen molar-refractivity contribution in [2.45, 2.75) is 6.67 Å². The van der Waals surface area contributed by atoms with Crippen LogP contribution in [0, 0.1) is 0 Å². The molecule has 78 valence electrons. The van der Waals surface area contributed by atoms with Gasteiger partial charge < -0.3 is 9.88 Å². The molecule has 0 saturated heterocycles. The van der Waals surface area contributed by atoms with Gasteiger partial charge in [-0.05, 0) is 23.6 Å². The van der Waals surface area contributed by atoms with Crippen molar-refractivity contribution in [3.05, 3.63) is 35.7 Å². The van der Waals surface area contributed by atoms with E-state index in [0.717, 1.165) is 18.0 Å². The number of benzene rings is 1. The van der Waals surface area contributed by atoms with Gasteiger partial charge in [-0.15, -0.1) is 11.3 Å². The van der Waals surface area contributed by atoms with Crippen molar-refractivity contribution >= 4 is 27.4 Å². The Balaban J connectivity index is 2.13. The van der Waals surface area contributed by atoms with Crippen molar-refractivity contribution in [3.63, 3.8) is 0 Å². The lowest BCUT2D eigenvalue weighted by Gasteiger charge is -2.16. The summed E-state index contributed by atoms with van der Waals surface area (Å²) in [5, 5.41) is 6.75. The molecule has 3 aromatic rings. The summed E-state index contributed by atoms with van der Waals surface area (Å²) in [7, 11) is 0. The van der Waals surface area contributed by atoms with E-state index in [0.29, 0.717) is 0 Å². The third-order valence-corrected chi connectivity index (χ3v) is 3.83. The molecule has 0 spiro atoms. The van der Waals surface area contributed by atoms with Gasteiger partial charge in [-0.3, -0.25) is 0 Å². The molecule has 1 aromatic carbocycles. The van der Waals surface area contributed by atoms with Crippen LogP contribution in [0.15, 0.2) is 35.7 Å². The van der Waals surface area contributed by atoms with Gasteiger partial charge >= 0.3 is 0 Å². The summed E-state index contributed by atoms with van der Waals surface area (Å²) < 4.78 is 2.23. The van der Waals surface area contributed by atoms with E-state index in [9.17, 15) is 0 Å². The number of imidazole rings is 1. The molecule has 4 rings (SSSR count).